The van der Waals surface area contributed by atoms with Crippen molar-refractivity contribution in [3.63, 3.8) is 0 Å². The summed E-state index contributed by atoms with van der Waals surface area (Å²) in [5.74, 6) is -1.08. The van der Waals surface area contributed by atoms with Crippen LogP contribution in [-0.2, 0) is 19.1 Å². The first-order valence-electron chi connectivity index (χ1n) is 4.97. The van der Waals surface area contributed by atoms with E-state index in [1.54, 1.807) is 27.7 Å². The molecule has 0 aromatic rings. The van der Waals surface area contributed by atoms with Crippen molar-refractivity contribution in [3.05, 3.63) is 0 Å². The Hall–Kier alpha value is -1.10. The van der Waals surface area contributed by atoms with Crippen LogP contribution in [0.1, 0.15) is 27.7 Å². The highest BCUT2D eigenvalue weighted by Crippen LogP contribution is 2.22. The van der Waals surface area contributed by atoms with E-state index >= 15 is 0 Å². The average Bonchev–Trinajstić information content (AvgIpc) is 2.17. The number of rotatable bonds is 5. The van der Waals surface area contributed by atoms with Crippen molar-refractivity contribution in [3.8, 4) is 0 Å². The zero-order valence-electron chi connectivity index (χ0n) is 9.70. The zero-order valence-corrected chi connectivity index (χ0v) is 9.70. The van der Waals surface area contributed by atoms with Crippen LogP contribution in [0, 0.1) is 5.41 Å². The van der Waals surface area contributed by atoms with Crippen molar-refractivity contribution in [2.24, 2.45) is 11.1 Å². The van der Waals surface area contributed by atoms with Gasteiger partial charge in [0.25, 0.3) is 0 Å². The van der Waals surface area contributed by atoms with Gasteiger partial charge in [0.1, 0.15) is 6.04 Å². The van der Waals surface area contributed by atoms with Gasteiger partial charge in [-0.05, 0) is 27.7 Å². The van der Waals surface area contributed by atoms with Gasteiger partial charge in [0, 0.05) is 0 Å². The van der Waals surface area contributed by atoms with E-state index in [4.69, 9.17) is 15.2 Å². The zero-order chi connectivity index (χ0) is 12.1. The molecular weight excluding hydrogens is 198 g/mol. The Morgan fingerprint density at radius 2 is 1.67 bits per heavy atom. The molecule has 0 aromatic carbocycles. The predicted octanol–water partition coefficient (Wildman–Crippen LogP) is 0.466. The molecule has 0 spiro atoms. The summed E-state index contributed by atoms with van der Waals surface area (Å²) in [5.41, 5.74) is 4.57. The number of nitrogens with two attached hydrogens (primary N) is 1. The maximum absolute atomic E-state index is 11.5. The van der Waals surface area contributed by atoms with E-state index < -0.39 is 23.4 Å². The van der Waals surface area contributed by atoms with E-state index in [0.29, 0.717) is 0 Å². The summed E-state index contributed by atoms with van der Waals surface area (Å²) >= 11 is 0. The molecule has 0 aliphatic rings. The Labute approximate surface area is 89.9 Å². The van der Waals surface area contributed by atoms with Crippen molar-refractivity contribution in [2.45, 2.75) is 33.7 Å². The molecule has 0 bridgehead atoms. The average molecular weight is 217 g/mol. The quantitative estimate of drug-likeness (QED) is 0.677. The third-order valence-corrected chi connectivity index (χ3v) is 2.12. The van der Waals surface area contributed by atoms with Crippen LogP contribution in [-0.4, -0.2) is 31.2 Å². The van der Waals surface area contributed by atoms with E-state index in [-0.39, 0.29) is 13.2 Å². The monoisotopic (exact) mass is 217 g/mol. The highest BCUT2D eigenvalue weighted by Gasteiger charge is 2.41. The van der Waals surface area contributed by atoms with Gasteiger partial charge < -0.3 is 15.2 Å². The van der Waals surface area contributed by atoms with Gasteiger partial charge in [-0.15, -0.1) is 0 Å². The summed E-state index contributed by atoms with van der Waals surface area (Å²) in [6.07, 6.45) is 0. The number of hydrogen-bond acceptors (Lipinski definition) is 5. The second-order valence-electron chi connectivity index (χ2n) is 3.67. The van der Waals surface area contributed by atoms with Crippen LogP contribution in [0.3, 0.4) is 0 Å². The normalized spacial score (nSPS) is 13.1. The number of ether oxygens (including phenoxy) is 2. The van der Waals surface area contributed by atoms with E-state index in [0.717, 1.165) is 0 Å². The molecule has 0 aliphatic carbocycles. The Morgan fingerprint density at radius 3 is 2.07 bits per heavy atom. The molecule has 5 nitrogen and oxygen atoms in total. The van der Waals surface area contributed by atoms with Crippen molar-refractivity contribution < 1.29 is 19.1 Å². The first-order valence-corrected chi connectivity index (χ1v) is 4.97. The number of hydrogen-bond donors (Lipinski definition) is 1. The Morgan fingerprint density at radius 1 is 1.20 bits per heavy atom. The lowest BCUT2D eigenvalue weighted by molar-refractivity contribution is -0.162. The van der Waals surface area contributed by atoms with Crippen molar-refractivity contribution in [1.29, 1.82) is 0 Å². The maximum atomic E-state index is 11.5. The van der Waals surface area contributed by atoms with Crippen LogP contribution in [0.15, 0.2) is 0 Å². The summed E-state index contributed by atoms with van der Waals surface area (Å²) in [5, 5.41) is 0. The molecule has 0 unspecified atom stereocenters. The molecule has 0 saturated carbocycles. The van der Waals surface area contributed by atoms with Gasteiger partial charge in [-0.25, -0.2) is 0 Å². The van der Waals surface area contributed by atoms with Gasteiger partial charge >= 0.3 is 11.9 Å². The lowest BCUT2D eigenvalue weighted by Crippen LogP contribution is -2.50. The summed E-state index contributed by atoms with van der Waals surface area (Å²) < 4.78 is 9.58. The maximum Gasteiger partial charge on any atom is 0.324 e. The first-order chi connectivity index (χ1) is 6.87. The second-order valence-corrected chi connectivity index (χ2v) is 3.67. The largest absolute Gasteiger partial charge is 0.466 e. The molecule has 0 rings (SSSR count). The fraction of sp³-hybridized carbons (Fsp3) is 0.800. The minimum absolute atomic E-state index is 0.242. The molecule has 0 fully saturated rings. The van der Waals surface area contributed by atoms with E-state index in [1.807, 2.05) is 0 Å². The van der Waals surface area contributed by atoms with Crippen LogP contribution < -0.4 is 5.73 Å². The van der Waals surface area contributed by atoms with Crippen LogP contribution in [0.5, 0.6) is 0 Å². The minimum atomic E-state index is -1.07. The van der Waals surface area contributed by atoms with Gasteiger partial charge in [0.05, 0.1) is 18.6 Å². The predicted molar refractivity (Wildman–Crippen MR) is 55.0 cm³/mol. The van der Waals surface area contributed by atoms with E-state index in [9.17, 15) is 9.59 Å². The summed E-state index contributed by atoms with van der Waals surface area (Å²) in [4.78, 5) is 22.8. The molecule has 2 N–H and O–H groups in total. The van der Waals surface area contributed by atoms with Crippen molar-refractivity contribution in [1.82, 2.24) is 0 Å². The molecule has 88 valence electrons. The molecule has 1 atom stereocenters. The molecule has 15 heavy (non-hydrogen) atoms. The summed E-state index contributed by atoms with van der Waals surface area (Å²) in [7, 11) is 0. The lowest BCUT2D eigenvalue weighted by Gasteiger charge is -2.27. The standard InChI is InChI=1S/C10H19NO4/c1-5-14-8(12)7(11)10(3,4)9(13)15-6-2/h7H,5-6,11H2,1-4H3/t7-/m1/s1. The van der Waals surface area contributed by atoms with Gasteiger partial charge in [-0.1, -0.05) is 0 Å². The molecule has 0 saturated heterocycles. The summed E-state index contributed by atoms with van der Waals surface area (Å²) in [6, 6.07) is -1.00. The fourth-order valence-corrected chi connectivity index (χ4v) is 0.971. The highest BCUT2D eigenvalue weighted by molar-refractivity contribution is 5.87. The van der Waals surface area contributed by atoms with Crippen LogP contribution in [0.2, 0.25) is 0 Å². The minimum Gasteiger partial charge on any atom is -0.466 e. The Balaban J connectivity index is 4.56. The summed E-state index contributed by atoms with van der Waals surface area (Å²) in [6.45, 7) is 7.01. The molecule has 0 heterocycles. The third kappa shape index (κ3) is 3.51. The molecule has 0 aliphatic heterocycles. The Kier molecular flexibility index (Phi) is 5.28. The topological polar surface area (TPSA) is 78.6 Å². The Bertz CT molecular complexity index is 238. The SMILES string of the molecule is CCOC(=O)[C@@H](N)C(C)(C)C(=O)OCC. The first kappa shape index (κ1) is 13.9. The molecule has 5 heteroatoms. The van der Waals surface area contributed by atoms with Crippen molar-refractivity contribution in [2.75, 3.05) is 13.2 Å². The van der Waals surface area contributed by atoms with E-state index in [2.05, 4.69) is 0 Å². The van der Waals surface area contributed by atoms with Gasteiger partial charge in [0.15, 0.2) is 0 Å². The molecule has 0 radical (unpaired) electrons. The number of carbonyl (C=O) groups is 2. The molecular formula is C10H19NO4. The van der Waals surface area contributed by atoms with Gasteiger partial charge in [0.2, 0.25) is 0 Å². The third-order valence-electron chi connectivity index (χ3n) is 2.12. The van der Waals surface area contributed by atoms with Gasteiger partial charge in [-0.2, -0.15) is 0 Å². The van der Waals surface area contributed by atoms with E-state index in [1.165, 1.54) is 0 Å². The number of carbonyl (C=O) groups excluding carboxylic acids is 2. The smallest absolute Gasteiger partial charge is 0.324 e. The second kappa shape index (κ2) is 5.70. The van der Waals surface area contributed by atoms with Crippen LogP contribution in [0.4, 0.5) is 0 Å². The fourth-order valence-electron chi connectivity index (χ4n) is 0.971. The molecule has 0 amide bonds. The highest BCUT2D eigenvalue weighted by atomic mass is 16.5. The number of esters is 2. The van der Waals surface area contributed by atoms with Crippen LogP contribution >= 0.6 is 0 Å². The van der Waals surface area contributed by atoms with Gasteiger partial charge in [-0.3, -0.25) is 9.59 Å². The van der Waals surface area contributed by atoms with Crippen molar-refractivity contribution >= 4 is 11.9 Å². The molecule has 0 aromatic heterocycles. The van der Waals surface area contributed by atoms with Crippen LogP contribution in [0.25, 0.3) is 0 Å². The lowest BCUT2D eigenvalue weighted by atomic mass is 9.85.